The summed E-state index contributed by atoms with van der Waals surface area (Å²) in [7, 11) is 0. The standard InChI is InChI=1S/C22H23N3O2.ClH/c23-13-16-9-6-12-19(16)25-21(26)17-10-4-5-11-18(17)22-24-14-20(27-22)15-7-2-1-3-8-15;/h1-5,7-8,10-11,14,16,19H,6,9,12-13,23H2,(H,25,26);1H. The Bertz CT molecular complexity index is 926. The van der Waals surface area contributed by atoms with E-state index in [1.54, 1.807) is 6.20 Å². The van der Waals surface area contributed by atoms with Crippen molar-refractivity contribution in [2.75, 3.05) is 6.54 Å². The first-order valence-electron chi connectivity index (χ1n) is 9.38. The van der Waals surface area contributed by atoms with Crippen LogP contribution < -0.4 is 11.1 Å². The molecular formula is C22H24ClN3O2. The molecule has 1 saturated carbocycles. The zero-order chi connectivity index (χ0) is 18.6. The maximum absolute atomic E-state index is 12.9. The van der Waals surface area contributed by atoms with E-state index >= 15 is 0 Å². The molecule has 3 N–H and O–H groups in total. The zero-order valence-electron chi connectivity index (χ0n) is 15.5. The van der Waals surface area contributed by atoms with Gasteiger partial charge in [0, 0.05) is 17.2 Å². The van der Waals surface area contributed by atoms with E-state index in [0.29, 0.717) is 35.2 Å². The third-order valence-electron chi connectivity index (χ3n) is 5.24. The van der Waals surface area contributed by atoms with E-state index in [1.165, 1.54) is 0 Å². The highest BCUT2D eigenvalue weighted by Gasteiger charge is 2.28. The summed E-state index contributed by atoms with van der Waals surface area (Å²) < 4.78 is 5.95. The lowest BCUT2D eigenvalue weighted by atomic mass is 10.0. The number of carbonyl (C=O) groups is 1. The fourth-order valence-electron chi connectivity index (χ4n) is 3.76. The van der Waals surface area contributed by atoms with Crippen LogP contribution in [0.5, 0.6) is 0 Å². The molecular weight excluding hydrogens is 374 g/mol. The topological polar surface area (TPSA) is 81.1 Å². The quantitative estimate of drug-likeness (QED) is 0.673. The Kier molecular flexibility index (Phi) is 6.49. The van der Waals surface area contributed by atoms with Gasteiger partial charge in [-0.15, -0.1) is 12.4 Å². The van der Waals surface area contributed by atoms with E-state index in [-0.39, 0.29) is 24.4 Å². The first-order chi connectivity index (χ1) is 13.3. The van der Waals surface area contributed by atoms with Gasteiger partial charge in [0.15, 0.2) is 5.76 Å². The molecule has 4 rings (SSSR count). The van der Waals surface area contributed by atoms with Crippen molar-refractivity contribution in [1.29, 1.82) is 0 Å². The molecule has 28 heavy (non-hydrogen) atoms. The van der Waals surface area contributed by atoms with Gasteiger partial charge < -0.3 is 15.5 Å². The molecule has 1 amide bonds. The van der Waals surface area contributed by atoms with Crippen molar-refractivity contribution in [3.8, 4) is 22.8 Å². The molecule has 1 aliphatic rings. The maximum Gasteiger partial charge on any atom is 0.252 e. The number of hydrogen-bond donors (Lipinski definition) is 2. The number of nitrogens with two attached hydrogens (primary N) is 1. The molecule has 6 heteroatoms. The molecule has 0 spiro atoms. The largest absolute Gasteiger partial charge is 0.436 e. The molecule has 0 radical (unpaired) electrons. The fourth-order valence-corrected chi connectivity index (χ4v) is 3.76. The Morgan fingerprint density at radius 3 is 2.64 bits per heavy atom. The average molecular weight is 398 g/mol. The first kappa shape index (κ1) is 20.1. The smallest absolute Gasteiger partial charge is 0.252 e. The van der Waals surface area contributed by atoms with Crippen LogP contribution in [0, 0.1) is 5.92 Å². The zero-order valence-corrected chi connectivity index (χ0v) is 16.3. The van der Waals surface area contributed by atoms with Crippen molar-refractivity contribution < 1.29 is 9.21 Å². The number of hydrogen-bond acceptors (Lipinski definition) is 4. The summed E-state index contributed by atoms with van der Waals surface area (Å²) in [5, 5.41) is 3.16. The number of rotatable bonds is 5. The summed E-state index contributed by atoms with van der Waals surface area (Å²) in [5.74, 6) is 1.38. The highest BCUT2D eigenvalue weighted by atomic mass is 35.5. The van der Waals surface area contributed by atoms with Gasteiger partial charge in [0.2, 0.25) is 5.89 Å². The van der Waals surface area contributed by atoms with Gasteiger partial charge in [-0.05, 0) is 37.4 Å². The number of halogens is 1. The molecule has 1 heterocycles. The Labute approximate surface area is 170 Å². The van der Waals surface area contributed by atoms with Gasteiger partial charge in [0.05, 0.1) is 11.8 Å². The van der Waals surface area contributed by atoms with E-state index in [4.69, 9.17) is 10.2 Å². The van der Waals surface area contributed by atoms with E-state index < -0.39 is 0 Å². The lowest BCUT2D eigenvalue weighted by molar-refractivity contribution is 0.0929. The highest BCUT2D eigenvalue weighted by Crippen LogP contribution is 2.29. The molecule has 0 saturated heterocycles. The summed E-state index contributed by atoms with van der Waals surface area (Å²) in [4.78, 5) is 17.3. The Morgan fingerprint density at radius 1 is 1.11 bits per heavy atom. The molecule has 0 bridgehead atoms. The lowest BCUT2D eigenvalue weighted by Gasteiger charge is -2.20. The molecule has 1 aliphatic carbocycles. The van der Waals surface area contributed by atoms with Crippen LogP contribution in [0.4, 0.5) is 0 Å². The van der Waals surface area contributed by atoms with Crippen LogP contribution in [0.15, 0.2) is 65.2 Å². The first-order valence-corrected chi connectivity index (χ1v) is 9.38. The second kappa shape index (κ2) is 9.04. The van der Waals surface area contributed by atoms with Gasteiger partial charge >= 0.3 is 0 Å². The van der Waals surface area contributed by atoms with Gasteiger partial charge in [0.1, 0.15) is 0 Å². The summed E-state index contributed by atoms with van der Waals surface area (Å²) >= 11 is 0. The second-order valence-electron chi connectivity index (χ2n) is 6.95. The summed E-state index contributed by atoms with van der Waals surface area (Å²) in [6.07, 6.45) is 4.85. The lowest BCUT2D eigenvalue weighted by Crippen LogP contribution is -2.40. The van der Waals surface area contributed by atoms with Crippen molar-refractivity contribution in [2.24, 2.45) is 11.7 Å². The molecule has 146 valence electrons. The van der Waals surface area contributed by atoms with Crippen molar-refractivity contribution in [2.45, 2.75) is 25.3 Å². The Hall–Kier alpha value is -2.63. The van der Waals surface area contributed by atoms with E-state index in [2.05, 4.69) is 10.3 Å². The number of nitrogens with zero attached hydrogens (tertiary/aromatic N) is 1. The minimum absolute atomic E-state index is 0. The minimum atomic E-state index is -0.101. The van der Waals surface area contributed by atoms with Crippen LogP contribution in [0.3, 0.4) is 0 Å². The minimum Gasteiger partial charge on any atom is -0.436 e. The molecule has 0 aliphatic heterocycles. The molecule has 3 aromatic rings. The van der Waals surface area contributed by atoms with Gasteiger partial charge in [-0.1, -0.05) is 48.9 Å². The van der Waals surface area contributed by atoms with Gasteiger partial charge in [-0.2, -0.15) is 0 Å². The van der Waals surface area contributed by atoms with Crippen molar-refractivity contribution in [1.82, 2.24) is 10.3 Å². The molecule has 2 unspecified atom stereocenters. The predicted octanol–water partition coefficient (Wildman–Crippen LogP) is 4.29. The molecule has 1 aromatic heterocycles. The van der Waals surface area contributed by atoms with Crippen molar-refractivity contribution in [3.63, 3.8) is 0 Å². The van der Waals surface area contributed by atoms with Crippen molar-refractivity contribution >= 4 is 18.3 Å². The monoisotopic (exact) mass is 397 g/mol. The molecule has 2 aromatic carbocycles. The van der Waals surface area contributed by atoms with E-state index in [0.717, 1.165) is 24.8 Å². The summed E-state index contributed by atoms with van der Waals surface area (Å²) in [5.41, 5.74) is 8.06. The average Bonchev–Trinajstić information content (AvgIpc) is 3.38. The van der Waals surface area contributed by atoms with Crippen molar-refractivity contribution in [3.05, 3.63) is 66.4 Å². The van der Waals surface area contributed by atoms with E-state index in [1.807, 2.05) is 54.6 Å². The molecule has 2 atom stereocenters. The number of carbonyl (C=O) groups excluding carboxylic acids is 1. The van der Waals surface area contributed by atoms with Gasteiger partial charge in [0.25, 0.3) is 5.91 Å². The summed E-state index contributed by atoms with van der Waals surface area (Å²) in [6, 6.07) is 17.4. The number of aromatic nitrogens is 1. The number of amides is 1. The normalized spacial score (nSPS) is 18.5. The van der Waals surface area contributed by atoms with Crippen LogP contribution in [0.1, 0.15) is 29.6 Å². The Morgan fingerprint density at radius 2 is 1.86 bits per heavy atom. The molecule has 1 fully saturated rings. The maximum atomic E-state index is 12.9. The third kappa shape index (κ3) is 4.11. The van der Waals surface area contributed by atoms with Crippen LogP contribution in [-0.4, -0.2) is 23.5 Å². The molecule has 5 nitrogen and oxygen atoms in total. The third-order valence-corrected chi connectivity index (χ3v) is 5.24. The van der Waals surface area contributed by atoms with Gasteiger partial charge in [-0.25, -0.2) is 4.98 Å². The van der Waals surface area contributed by atoms with Crippen LogP contribution >= 0.6 is 12.4 Å². The van der Waals surface area contributed by atoms with Gasteiger partial charge in [-0.3, -0.25) is 4.79 Å². The number of benzene rings is 2. The second-order valence-corrected chi connectivity index (χ2v) is 6.95. The highest BCUT2D eigenvalue weighted by molar-refractivity contribution is 6.00. The summed E-state index contributed by atoms with van der Waals surface area (Å²) in [6.45, 7) is 0.604. The Balaban J connectivity index is 0.00000225. The number of nitrogens with one attached hydrogen (secondary N) is 1. The predicted molar refractivity (Wildman–Crippen MR) is 112 cm³/mol. The fraction of sp³-hybridized carbons (Fsp3) is 0.273. The van der Waals surface area contributed by atoms with Crippen LogP contribution in [0.25, 0.3) is 22.8 Å². The number of oxazole rings is 1. The van der Waals surface area contributed by atoms with Crippen LogP contribution in [0.2, 0.25) is 0 Å². The van der Waals surface area contributed by atoms with E-state index in [9.17, 15) is 4.79 Å². The SMILES string of the molecule is Cl.NCC1CCCC1NC(=O)c1ccccc1-c1ncc(-c2ccccc2)o1. The van der Waals surface area contributed by atoms with Crippen LogP contribution in [-0.2, 0) is 0 Å².